The molecule has 0 radical (unpaired) electrons. The Bertz CT molecular complexity index is 882. The summed E-state index contributed by atoms with van der Waals surface area (Å²) in [6.07, 6.45) is 1.61. The first kappa shape index (κ1) is 16.4. The number of fused-ring (bicyclic) bond motifs is 1. The lowest BCUT2D eigenvalue weighted by Crippen LogP contribution is -2.34. The van der Waals surface area contributed by atoms with E-state index in [0.29, 0.717) is 24.4 Å². The molecule has 2 heterocycles. The number of nitrogens with zero attached hydrogens (tertiary/aromatic N) is 3. The van der Waals surface area contributed by atoms with Gasteiger partial charge in [-0.2, -0.15) is 0 Å². The highest BCUT2D eigenvalue weighted by molar-refractivity contribution is 5.76. The molecule has 0 aliphatic heterocycles. The quantitative estimate of drug-likeness (QED) is 0.754. The average molecular weight is 326 g/mol. The van der Waals surface area contributed by atoms with Crippen LogP contribution in [-0.4, -0.2) is 20.7 Å². The third-order valence-electron chi connectivity index (χ3n) is 3.98. The highest BCUT2D eigenvalue weighted by Crippen LogP contribution is 2.14. The Labute approximate surface area is 140 Å². The number of hydrogen-bond acceptors (Lipinski definition) is 5. The van der Waals surface area contributed by atoms with E-state index in [2.05, 4.69) is 29.3 Å². The largest absolute Gasteiger partial charge is 0.361 e. The summed E-state index contributed by atoms with van der Waals surface area (Å²) in [6.45, 7) is 7.32. The van der Waals surface area contributed by atoms with Crippen LogP contribution in [0.15, 0.2) is 46.0 Å². The Hall–Kier alpha value is -2.47. The molecule has 3 rings (SSSR count). The molecule has 0 saturated heterocycles. The minimum atomic E-state index is -0.0159. The first-order valence-corrected chi connectivity index (χ1v) is 8.17. The van der Waals surface area contributed by atoms with Crippen molar-refractivity contribution in [3.05, 3.63) is 58.5 Å². The van der Waals surface area contributed by atoms with Crippen LogP contribution in [0.2, 0.25) is 0 Å². The van der Waals surface area contributed by atoms with E-state index < -0.39 is 0 Å². The van der Waals surface area contributed by atoms with Gasteiger partial charge in [-0.05, 0) is 19.1 Å². The zero-order valence-electron chi connectivity index (χ0n) is 14.2. The second-order valence-corrected chi connectivity index (χ2v) is 6.38. The molecule has 0 unspecified atom stereocenters. The van der Waals surface area contributed by atoms with Gasteiger partial charge in [-0.1, -0.05) is 31.1 Å². The van der Waals surface area contributed by atoms with E-state index in [1.165, 1.54) is 0 Å². The summed E-state index contributed by atoms with van der Waals surface area (Å²) < 4.78 is 6.93. The van der Waals surface area contributed by atoms with Crippen LogP contribution in [0.1, 0.15) is 38.1 Å². The highest BCUT2D eigenvalue weighted by Gasteiger charge is 2.10. The molecule has 1 atom stereocenters. The highest BCUT2D eigenvalue weighted by atomic mass is 16.5. The molecule has 3 aromatic rings. The lowest BCUT2D eigenvalue weighted by Gasteiger charge is -2.14. The Morgan fingerprint density at radius 3 is 2.79 bits per heavy atom. The van der Waals surface area contributed by atoms with Gasteiger partial charge in [-0.3, -0.25) is 9.36 Å². The van der Waals surface area contributed by atoms with E-state index in [-0.39, 0.29) is 11.6 Å². The molecule has 0 saturated carbocycles. The Kier molecular flexibility index (Phi) is 4.76. The zero-order chi connectivity index (χ0) is 17.1. The van der Waals surface area contributed by atoms with Gasteiger partial charge in [0.2, 0.25) is 0 Å². The van der Waals surface area contributed by atoms with Crippen LogP contribution in [0, 0.1) is 0 Å². The van der Waals surface area contributed by atoms with Gasteiger partial charge < -0.3 is 9.84 Å². The van der Waals surface area contributed by atoms with Crippen molar-refractivity contribution in [2.45, 2.75) is 45.8 Å². The minimum absolute atomic E-state index is 0.0159. The molecule has 0 aliphatic carbocycles. The van der Waals surface area contributed by atoms with Crippen LogP contribution < -0.4 is 10.9 Å². The van der Waals surface area contributed by atoms with Crippen molar-refractivity contribution in [1.82, 2.24) is 20.0 Å². The van der Waals surface area contributed by atoms with Gasteiger partial charge in [-0.25, -0.2) is 4.98 Å². The van der Waals surface area contributed by atoms with E-state index in [1.54, 1.807) is 10.9 Å². The lowest BCUT2D eigenvalue weighted by atomic mass is 10.1. The fourth-order valence-corrected chi connectivity index (χ4v) is 2.56. The maximum absolute atomic E-state index is 12.5. The van der Waals surface area contributed by atoms with Crippen molar-refractivity contribution in [3.8, 4) is 0 Å². The lowest BCUT2D eigenvalue weighted by molar-refractivity contribution is 0.361. The fourth-order valence-electron chi connectivity index (χ4n) is 2.56. The molecular formula is C18H22N4O2. The molecule has 0 bridgehead atoms. The minimum Gasteiger partial charge on any atom is -0.361 e. The molecule has 6 heteroatoms. The van der Waals surface area contributed by atoms with Gasteiger partial charge in [-0.15, -0.1) is 0 Å². The SMILES string of the molecule is CC(C)c1cc(CN[C@H](C)Cn2cnc3ccccc3c2=O)no1. The zero-order valence-corrected chi connectivity index (χ0v) is 14.2. The molecule has 0 spiro atoms. The van der Waals surface area contributed by atoms with Gasteiger partial charge in [0.25, 0.3) is 5.56 Å². The van der Waals surface area contributed by atoms with Crippen LogP contribution in [0.5, 0.6) is 0 Å². The summed E-state index contributed by atoms with van der Waals surface area (Å²) in [5, 5.41) is 8.07. The molecule has 0 fully saturated rings. The van der Waals surface area contributed by atoms with Crippen molar-refractivity contribution in [2.24, 2.45) is 0 Å². The third-order valence-corrected chi connectivity index (χ3v) is 3.98. The smallest absolute Gasteiger partial charge is 0.261 e. The van der Waals surface area contributed by atoms with Crippen molar-refractivity contribution in [3.63, 3.8) is 0 Å². The molecule has 1 N–H and O–H groups in total. The van der Waals surface area contributed by atoms with Crippen molar-refractivity contribution in [2.75, 3.05) is 0 Å². The van der Waals surface area contributed by atoms with E-state index in [1.807, 2.05) is 37.3 Å². The number of rotatable bonds is 6. The van der Waals surface area contributed by atoms with Crippen LogP contribution in [0.25, 0.3) is 10.9 Å². The van der Waals surface area contributed by atoms with E-state index in [9.17, 15) is 4.79 Å². The fraction of sp³-hybridized carbons (Fsp3) is 0.389. The molecule has 2 aromatic heterocycles. The van der Waals surface area contributed by atoms with Crippen LogP contribution in [0.3, 0.4) is 0 Å². The van der Waals surface area contributed by atoms with Gasteiger partial charge in [0.15, 0.2) is 0 Å². The predicted molar refractivity (Wildman–Crippen MR) is 92.9 cm³/mol. The second-order valence-electron chi connectivity index (χ2n) is 6.38. The maximum Gasteiger partial charge on any atom is 0.261 e. The predicted octanol–water partition coefficient (Wildman–Crippen LogP) is 2.69. The van der Waals surface area contributed by atoms with Crippen molar-refractivity contribution < 1.29 is 4.52 Å². The van der Waals surface area contributed by atoms with Crippen molar-refractivity contribution >= 4 is 10.9 Å². The first-order valence-electron chi connectivity index (χ1n) is 8.17. The van der Waals surface area contributed by atoms with Crippen molar-refractivity contribution in [1.29, 1.82) is 0 Å². The third kappa shape index (κ3) is 3.54. The van der Waals surface area contributed by atoms with Crippen LogP contribution in [-0.2, 0) is 13.1 Å². The molecule has 126 valence electrons. The number of hydrogen-bond donors (Lipinski definition) is 1. The summed E-state index contributed by atoms with van der Waals surface area (Å²) in [7, 11) is 0. The van der Waals surface area contributed by atoms with Gasteiger partial charge in [0.1, 0.15) is 5.76 Å². The first-order chi connectivity index (χ1) is 11.5. The number of para-hydroxylation sites is 1. The Morgan fingerprint density at radius 1 is 1.25 bits per heavy atom. The van der Waals surface area contributed by atoms with E-state index >= 15 is 0 Å². The van der Waals surface area contributed by atoms with Crippen LogP contribution >= 0.6 is 0 Å². The van der Waals surface area contributed by atoms with Gasteiger partial charge in [0.05, 0.1) is 22.9 Å². The summed E-state index contributed by atoms with van der Waals surface area (Å²) in [5.74, 6) is 1.21. The topological polar surface area (TPSA) is 73.0 Å². The van der Waals surface area contributed by atoms with Crippen LogP contribution in [0.4, 0.5) is 0 Å². The van der Waals surface area contributed by atoms with E-state index in [0.717, 1.165) is 17.0 Å². The Morgan fingerprint density at radius 2 is 2.04 bits per heavy atom. The summed E-state index contributed by atoms with van der Waals surface area (Å²) in [5.41, 5.74) is 1.58. The summed E-state index contributed by atoms with van der Waals surface area (Å²) in [4.78, 5) is 16.8. The average Bonchev–Trinajstić information content (AvgIpc) is 3.05. The second kappa shape index (κ2) is 6.97. The molecule has 0 amide bonds. The number of benzene rings is 1. The molecule has 6 nitrogen and oxygen atoms in total. The normalized spacial score (nSPS) is 12.8. The Balaban J connectivity index is 1.65. The monoisotopic (exact) mass is 326 g/mol. The summed E-state index contributed by atoms with van der Waals surface area (Å²) in [6, 6.07) is 9.46. The van der Waals surface area contributed by atoms with Gasteiger partial charge in [0, 0.05) is 31.1 Å². The standard InChI is InChI=1S/C18H22N4O2/c1-12(2)17-8-14(21-24-17)9-19-13(3)10-22-11-20-16-7-5-4-6-15(16)18(22)23/h4-8,11-13,19H,9-10H2,1-3H3/t13-/m1/s1. The molecule has 1 aromatic carbocycles. The molecule has 24 heavy (non-hydrogen) atoms. The number of aromatic nitrogens is 3. The molecular weight excluding hydrogens is 304 g/mol. The maximum atomic E-state index is 12.5. The van der Waals surface area contributed by atoms with Gasteiger partial charge >= 0.3 is 0 Å². The summed E-state index contributed by atoms with van der Waals surface area (Å²) >= 11 is 0. The molecule has 0 aliphatic rings. The number of nitrogens with one attached hydrogen (secondary N) is 1. The van der Waals surface area contributed by atoms with E-state index in [4.69, 9.17) is 4.52 Å².